The Morgan fingerprint density at radius 2 is 1.55 bits per heavy atom. The zero-order chi connectivity index (χ0) is 22.6. The summed E-state index contributed by atoms with van der Waals surface area (Å²) >= 11 is 0. The van der Waals surface area contributed by atoms with Gasteiger partial charge in [-0.25, -0.2) is 0 Å². The van der Waals surface area contributed by atoms with E-state index in [0.717, 1.165) is 12.8 Å². The molecule has 0 heterocycles. The lowest BCUT2D eigenvalue weighted by Crippen LogP contribution is -2.26. The van der Waals surface area contributed by atoms with Crippen molar-refractivity contribution in [3.63, 3.8) is 0 Å². The molecule has 0 fully saturated rings. The highest BCUT2D eigenvalue weighted by Gasteiger charge is 2.15. The van der Waals surface area contributed by atoms with Crippen molar-refractivity contribution in [3.8, 4) is 5.75 Å². The van der Waals surface area contributed by atoms with E-state index in [4.69, 9.17) is 4.74 Å². The molecule has 1 amide bonds. The third-order valence-corrected chi connectivity index (χ3v) is 5.55. The Hall–Kier alpha value is -2.62. The van der Waals surface area contributed by atoms with Gasteiger partial charge in [0.15, 0.2) is 0 Å². The normalized spacial score (nSPS) is 10.9. The summed E-state index contributed by atoms with van der Waals surface area (Å²) in [5.41, 5.74) is 2.53. The van der Waals surface area contributed by atoms with Gasteiger partial charge in [0.05, 0.1) is 0 Å². The maximum absolute atomic E-state index is 12.8. The molecule has 2 rings (SSSR count). The molecule has 168 valence electrons. The average molecular weight is 424 g/mol. The van der Waals surface area contributed by atoms with Gasteiger partial charge in [0.1, 0.15) is 5.75 Å². The minimum absolute atomic E-state index is 0.0955. The first-order valence-electron chi connectivity index (χ1n) is 11.6. The molecule has 0 spiro atoms. The number of benzene rings is 2. The van der Waals surface area contributed by atoms with Crippen molar-refractivity contribution in [2.75, 3.05) is 11.9 Å². The molecule has 4 heteroatoms. The molecule has 0 atom stereocenters. The Morgan fingerprint density at radius 3 is 2.19 bits per heavy atom. The fourth-order valence-electron chi connectivity index (χ4n) is 3.49. The summed E-state index contributed by atoms with van der Waals surface area (Å²) in [5, 5.41) is 0. The highest BCUT2D eigenvalue weighted by molar-refractivity contribution is 6.05. The van der Waals surface area contributed by atoms with Gasteiger partial charge in [0, 0.05) is 30.8 Å². The first-order valence-corrected chi connectivity index (χ1v) is 11.6. The van der Waals surface area contributed by atoms with Crippen LogP contribution in [0, 0.1) is 0 Å². The Kier molecular flexibility index (Phi) is 10.3. The maximum atomic E-state index is 12.8. The highest BCUT2D eigenvalue weighted by Crippen LogP contribution is 2.23. The third-order valence-electron chi connectivity index (χ3n) is 5.55. The van der Waals surface area contributed by atoms with Crippen LogP contribution in [0.25, 0.3) is 0 Å². The second-order valence-electron chi connectivity index (χ2n) is 8.48. The van der Waals surface area contributed by atoms with Gasteiger partial charge in [-0.3, -0.25) is 9.59 Å². The summed E-state index contributed by atoms with van der Waals surface area (Å²) in [5.74, 6) is 0.584. The Morgan fingerprint density at radius 1 is 0.903 bits per heavy atom. The van der Waals surface area contributed by atoms with Crippen molar-refractivity contribution in [3.05, 3.63) is 59.7 Å². The summed E-state index contributed by atoms with van der Waals surface area (Å²) in [7, 11) is 1.73. The predicted molar refractivity (Wildman–Crippen MR) is 128 cm³/mol. The van der Waals surface area contributed by atoms with Crippen LogP contribution in [0.3, 0.4) is 0 Å². The molecule has 0 aliphatic heterocycles. The Bertz CT molecular complexity index is 827. The Labute approximate surface area is 187 Å². The van der Waals surface area contributed by atoms with E-state index in [-0.39, 0.29) is 11.9 Å². The number of hydrogen-bond acceptors (Lipinski definition) is 3. The topological polar surface area (TPSA) is 46.6 Å². The molecule has 0 bridgehead atoms. The third kappa shape index (κ3) is 8.20. The van der Waals surface area contributed by atoms with Crippen molar-refractivity contribution in [2.45, 2.75) is 78.1 Å². The molecule has 2 aromatic carbocycles. The summed E-state index contributed by atoms with van der Waals surface area (Å²) in [4.78, 5) is 26.6. The maximum Gasteiger partial charge on any atom is 0.311 e. The van der Waals surface area contributed by atoms with Gasteiger partial charge >= 0.3 is 5.97 Å². The fourth-order valence-corrected chi connectivity index (χ4v) is 3.49. The molecule has 2 aromatic rings. The van der Waals surface area contributed by atoms with E-state index in [1.165, 1.54) is 37.7 Å². The average Bonchev–Trinajstić information content (AvgIpc) is 2.77. The van der Waals surface area contributed by atoms with Gasteiger partial charge in [0.25, 0.3) is 5.91 Å². The van der Waals surface area contributed by atoms with E-state index in [2.05, 4.69) is 20.8 Å². The van der Waals surface area contributed by atoms with E-state index >= 15 is 0 Å². The quantitative estimate of drug-likeness (QED) is 0.207. The molecule has 0 saturated heterocycles. The molecular weight excluding hydrogens is 386 g/mol. The van der Waals surface area contributed by atoms with Crippen LogP contribution >= 0.6 is 0 Å². The van der Waals surface area contributed by atoms with E-state index in [1.807, 2.05) is 30.3 Å². The van der Waals surface area contributed by atoms with Gasteiger partial charge < -0.3 is 9.64 Å². The van der Waals surface area contributed by atoms with Gasteiger partial charge in [0.2, 0.25) is 0 Å². The second-order valence-corrected chi connectivity index (χ2v) is 8.48. The van der Waals surface area contributed by atoms with Crippen LogP contribution in [0.4, 0.5) is 5.69 Å². The highest BCUT2D eigenvalue weighted by atomic mass is 16.5. The minimum atomic E-state index is -0.219. The number of esters is 1. The molecule has 0 saturated carbocycles. The molecule has 0 aliphatic rings. The monoisotopic (exact) mass is 423 g/mol. The molecule has 4 nitrogen and oxygen atoms in total. The van der Waals surface area contributed by atoms with Crippen molar-refractivity contribution in [1.82, 2.24) is 0 Å². The number of amides is 1. The van der Waals surface area contributed by atoms with Gasteiger partial charge in [-0.2, -0.15) is 0 Å². The predicted octanol–water partition coefficient (Wildman–Crippen LogP) is 7.13. The van der Waals surface area contributed by atoms with Crippen molar-refractivity contribution < 1.29 is 14.3 Å². The smallest absolute Gasteiger partial charge is 0.311 e. The molecule has 31 heavy (non-hydrogen) atoms. The fraction of sp³-hybridized carbons (Fsp3) is 0.481. The summed E-state index contributed by atoms with van der Waals surface area (Å²) in [6.45, 7) is 6.47. The SMILES string of the molecule is CCCCCCCCCC(=O)Oc1cccc(N(C)C(=O)c2ccc(C(C)C)cc2)c1. The first kappa shape index (κ1) is 24.6. The standard InChI is InChI=1S/C27H37NO3/c1-5-6-7-8-9-10-11-15-26(29)31-25-14-12-13-24(20-25)28(4)27(30)23-18-16-22(17-19-23)21(2)3/h12-14,16-21H,5-11,15H2,1-4H3. The number of rotatable bonds is 12. The summed E-state index contributed by atoms with van der Waals surface area (Å²) < 4.78 is 5.50. The first-order chi connectivity index (χ1) is 14.9. The number of hydrogen-bond donors (Lipinski definition) is 0. The van der Waals surface area contributed by atoms with Gasteiger partial charge in [-0.15, -0.1) is 0 Å². The van der Waals surface area contributed by atoms with E-state index < -0.39 is 0 Å². The largest absolute Gasteiger partial charge is 0.426 e. The molecule has 0 N–H and O–H groups in total. The molecule has 0 aromatic heterocycles. The number of anilines is 1. The van der Waals surface area contributed by atoms with Crippen LogP contribution in [0.2, 0.25) is 0 Å². The molecule has 0 aliphatic carbocycles. The van der Waals surface area contributed by atoms with E-state index in [9.17, 15) is 9.59 Å². The lowest BCUT2D eigenvalue weighted by molar-refractivity contribution is -0.134. The lowest BCUT2D eigenvalue weighted by atomic mass is 10.0. The van der Waals surface area contributed by atoms with Crippen LogP contribution < -0.4 is 9.64 Å². The Balaban J connectivity index is 1.87. The van der Waals surface area contributed by atoms with Crippen LogP contribution in [0.1, 0.15) is 94.0 Å². The van der Waals surface area contributed by atoms with Crippen LogP contribution in [0.15, 0.2) is 48.5 Å². The van der Waals surface area contributed by atoms with Gasteiger partial charge in [-0.1, -0.05) is 77.5 Å². The van der Waals surface area contributed by atoms with Crippen molar-refractivity contribution in [1.29, 1.82) is 0 Å². The minimum Gasteiger partial charge on any atom is -0.426 e. The molecule has 0 unspecified atom stereocenters. The number of ether oxygens (including phenoxy) is 1. The molecular formula is C27H37NO3. The van der Waals surface area contributed by atoms with Crippen LogP contribution in [0.5, 0.6) is 5.75 Å². The zero-order valence-electron chi connectivity index (χ0n) is 19.5. The molecule has 0 radical (unpaired) electrons. The summed E-state index contributed by atoms with van der Waals surface area (Å²) in [6, 6.07) is 14.8. The van der Waals surface area contributed by atoms with E-state index in [1.54, 1.807) is 30.1 Å². The second kappa shape index (κ2) is 12.9. The zero-order valence-corrected chi connectivity index (χ0v) is 19.5. The van der Waals surface area contributed by atoms with Crippen LogP contribution in [-0.2, 0) is 4.79 Å². The number of unbranched alkanes of at least 4 members (excludes halogenated alkanes) is 6. The van der Waals surface area contributed by atoms with E-state index in [0.29, 0.717) is 29.3 Å². The lowest BCUT2D eigenvalue weighted by Gasteiger charge is -2.18. The number of carbonyl (C=O) groups excluding carboxylic acids is 2. The van der Waals surface area contributed by atoms with Crippen LogP contribution in [-0.4, -0.2) is 18.9 Å². The van der Waals surface area contributed by atoms with Crippen molar-refractivity contribution >= 4 is 17.6 Å². The van der Waals surface area contributed by atoms with Gasteiger partial charge in [-0.05, 0) is 42.2 Å². The van der Waals surface area contributed by atoms with Crippen molar-refractivity contribution in [2.24, 2.45) is 0 Å². The summed E-state index contributed by atoms with van der Waals surface area (Å²) in [6.07, 6.45) is 8.58. The number of carbonyl (C=O) groups is 2. The number of nitrogens with zero attached hydrogens (tertiary/aromatic N) is 1.